The number of benzene rings is 1. The average molecular weight is 385 g/mol. The Balaban J connectivity index is 1.49. The standard InChI is InChI=1S/C23H23N5O/c1-14-19(18-6-4-5-7-21(18)26-14)12-22(29)27-15(2)20-13-25-23(28-16(20)3)17-8-10-24-11-9-17/h4-11,13,15,26H,12H2,1-3H3,(H,27,29)/t15-/m0/s1. The second-order valence-corrected chi connectivity index (χ2v) is 7.21. The van der Waals surface area contributed by atoms with E-state index in [1.807, 2.05) is 57.2 Å². The molecule has 0 saturated heterocycles. The molecule has 6 nitrogen and oxygen atoms in total. The highest BCUT2D eigenvalue weighted by Gasteiger charge is 2.17. The van der Waals surface area contributed by atoms with Gasteiger partial charge in [0.2, 0.25) is 5.91 Å². The molecule has 4 aromatic rings. The lowest BCUT2D eigenvalue weighted by Gasteiger charge is -2.16. The number of amides is 1. The number of aromatic amines is 1. The van der Waals surface area contributed by atoms with E-state index < -0.39 is 0 Å². The van der Waals surface area contributed by atoms with Crippen molar-refractivity contribution in [1.82, 2.24) is 25.3 Å². The molecule has 0 spiro atoms. The van der Waals surface area contributed by atoms with Gasteiger partial charge in [0, 0.05) is 52.0 Å². The van der Waals surface area contributed by atoms with Crippen LogP contribution in [-0.2, 0) is 11.2 Å². The summed E-state index contributed by atoms with van der Waals surface area (Å²) in [6.45, 7) is 5.90. The number of carbonyl (C=O) groups is 1. The number of hydrogen-bond acceptors (Lipinski definition) is 4. The largest absolute Gasteiger partial charge is 0.358 e. The molecule has 4 rings (SSSR count). The summed E-state index contributed by atoms with van der Waals surface area (Å²) in [6.07, 6.45) is 5.56. The van der Waals surface area contributed by atoms with Crippen LogP contribution >= 0.6 is 0 Å². The monoisotopic (exact) mass is 385 g/mol. The Hall–Kier alpha value is -3.54. The number of para-hydroxylation sites is 1. The molecule has 3 heterocycles. The van der Waals surface area contributed by atoms with Crippen LogP contribution in [0.15, 0.2) is 55.0 Å². The molecule has 0 aliphatic rings. The number of H-pyrrole nitrogens is 1. The molecule has 0 aliphatic carbocycles. The topological polar surface area (TPSA) is 83.6 Å². The number of nitrogens with one attached hydrogen (secondary N) is 2. The molecule has 29 heavy (non-hydrogen) atoms. The van der Waals surface area contributed by atoms with Crippen molar-refractivity contribution in [3.8, 4) is 11.4 Å². The van der Waals surface area contributed by atoms with Crippen molar-refractivity contribution in [2.45, 2.75) is 33.2 Å². The summed E-state index contributed by atoms with van der Waals surface area (Å²) in [4.78, 5) is 29.2. The molecule has 1 amide bonds. The van der Waals surface area contributed by atoms with Gasteiger partial charge in [-0.05, 0) is 44.5 Å². The Kier molecular flexibility index (Phi) is 5.08. The van der Waals surface area contributed by atoms with Gasteiger partial charge in [0.1, 0.15) is 0 Å². The van der Waals surface area contributed by atoms with E-state index in [1.54, 1.807) is 18.6 Å². The van der Waals surface area contributed by atoms with E-state index in [9.17, 15) is 4.79 Å². The van der Waals surface area contributed by atoms with E-state index in [0.717, 1.165) is 39.0 Å². The van der Waals surface area contributed by atoms with Crippen LogP contribution in [-0.4, -0.2) is 25.8 Å². The van der Waals surface area contributed by atoms with Gasteiger partial charge in [-0.15, -0.1) is 0 Å². The zero-order valence-electron chi connectivity index (χ0n) is 16.7. The fraction of sp³-hybridized carbons (Fsp3) is 0.217. The predicted molar refractivity (Wildman–Crippen MR) is 113 cm³/mol. The summed E-state index contributed by atoms with van der Waals surface area (Å²) in [5.74, 6) is 0.629. The first-order valence-corrected chi connectivity index (χ1v) is 9.62. The number of aryl methyl sites for hydroxylation is 2. The highest BCUT2D eigenvalue weighted by molar-refractivity contribution is 5.90. The van der Waals surface area contributed by atoms with Crippen molar-refractivity contribution in [2.75, 3.05) is 0 Å². The predicted octanol–water partition coefficient (Wildman–Crippen LogP) is 4.06. The maximum atomic E-state index is 12.7. The second-order valence-electron chi connectivity index (χ2n) is 7.21. The van der Waals surface area contributed by atoms with Gasteiger partial charge in [-0.3, -0.25) is 9.78 Å². The number of pyridine rings is 1. The third-order valence-corrected chi connectivity index (χ3v) is 5.16. The van der Waals surface area contributed by atoms with Crippen LogP contribution in [0.4, 0.5) is 0 Å². The molecule has 0 saturated carbocycles. The van der Waals surface area contributed by atoms with Crippen LogP contribution in [0.2, 0.25) is 0 Å². The van der Waals surface area contributed by atoms with Gasteiger partial charge in [-0.1, -0.05) is 18.2 Å². The Labute approximate surface area is 169 Å². The molecular weight excluding hydrogens is 362 g/mol. The zero-order valence-corrected chi connectivity index (χ0v) is 16.7. The van der Waals surface area contributed by atoms with E-state index in [2.05, 4.69) is 25.3 Å². The minimum absolute atomic E-state index is 0.0250. The number of rotatable bonds is 5. The van der Waals surface area contributed by atoms with Gasteiger partial charge in [-0.25, -0.2) is 9.97 Å². The Morgan fingerprint density at radius 3 is 2.66 bits per heavy atom. The quantitative estimate of drug-likeness (QED) is 0.543. The third-order valence-electron chi connectivity index (χ3n) is 5.16. The molecule has 0 bridgehead atoms. The molecule has 1 atom stereocenters. The van der Waals surface area contributed by atoms with E-state index in [1.165, 1.54) is 0 Å². The second kappa shape index (κ2) is 7.83. The van der Waals surface area contributed by atoms with Crippen LogP contribution in [0, 0.1) is 13.8 Å². The van der Waals surface area contributed by atoms with Crippen molar-refractivity contribution >= 4 is 16.8 Å². The van der Waals surface area contributed by atoms with Crippen molar-refractivity contribution in [3.05, 3.63) is 77.5 Å². The third kappa shape index (κ3) is 3.87. The lowest BCUT2D eigenvalue weighted by Crippen LogP contribution is -2.29. The molecular formula is C23H23N5O. The first-order valence-electron chi connectivity index (χ1n) is 9.62. The fourth-order valence-corrected chi connectivity index (χ4v) is 3.63. The maximum absolute atomic E-state index is 12.7. The molecule has 0 radical (unpaired) electrons. The highest BCUT2D eigenvalue weighted by Crippen LogP contribution is 2.23. The van der Waals surface area contributed by atoms with Crippen molar-refractivity contribution in [1.29, 1.82) is 0 Å². The van der Waals surface area contributed by atoms with Gasteiger partial charge >= 0.3 is 0 Å². The van der Waals surface area contributed by atoms with Crippen LogP contribution in [0.25, 0.3) is 22.3 Å². The van der Waals surface area contributed by atoms with Crippen molar-refractivity contribution < 1.29 is 4.79 Å². The molecule has 146 valence electrons. The smallest absolute Gasteiger partial charge is 0.224 e. The molecule has 0 fully saturated rings. The Morgan fingerprint density at radius 2 is 1.90 bits per heavy atom. The number of nitrogens with zero attached hydrogens (tertiary/aromatic N) is 3. The van der Waals surface area contributed by atoms with E-state index >= 15 is 0 Å². The van der Waals surface area contributed by atoms with Crippen LogP contribution in [0.1, 0.15) is 35.5 Å². The average Bonchev–Trinajstić information content (AvgIpc) is 3.03. The first kappa shape index (κ1) is 18.8. The zero-order chi connectivity index (χ0) is 20.4. The van der Waals surface area contributed by atoms with Gasteiger partial charge < -0.3 is 10.3 Å². The number of hydrogen-bond donors (Lipinski definition) is 2. The Bertz CT molecular complexity index is 1170. The highest BCUT2D eigenvalue weighted by atomic mass is 16.1. The minimum atomic E-state index is -0.181. The minimum Gasteiger partial charge on any atom is -0.358 e. The molecule has 0 aliphatic heterocycles. The van der Waals surface area contributed by atoms with Gasteiger partial charge in [-0.2, -0.15) is 0 Å². The van der Waals surface area contributed by atoms with E-state index in [-0.39, 0.29) is 11.9 Å². The molecule has 2 N–H and O–H groups in total. The van der Waals surface area contributed by atoms with Crippen molar-refractivity contribution in [2.24, 2.45) is 0 Å². The van der Waals surface area contributed by atoms with Crippen molar-refractivity contribution in [3.63, 3.8) is 0 Å². The number of fused-ring (bicyclic) bond motifs is 1. The van der Waals surface area contributed by atoms with E-state index in [0.29, 0.717) is 12.2 Å². The molecule has 0 unspecified atom stereocenters. The number of aromatic nitrogens is 4. The summed E-state index contributed by atoms with van der Waals surface area (Å²) < 4.78 is 0. The van der Waals surface area contributed by atoms with Crippen LogP contribution in [0.3, 0.4) is 0 Å². The summed E-state index contributed by atoms with van der Waals surface area (Å²) in [6, 6.07) is 11.6. The fourth-order valence-electron chi connectivity index (χ4n) is 3.63. The molecule has 3 aromatic heterocycles. The van der Waals surface area contributed by atoms with Crippen LogP contribution in [0.5, 0.6) is 0 Å². The summed E-state index contributed by atoms with van der Waals surface area (Å²) in [7, 11) is 0. The van der Waals surface area contributed by atoms with E-state index in [4.69, 9.17) is 0 Å². The summed E-state index contributed by atoms with van der Waals surface area (Å²) >= 11 is 0. The lowest BCUT2D eigenvalue weighted by atomic mass is 10.1. The Morgan fingerprint density at radius 1 is 1.14 bits per heavy atom. The van der Waals surface area contributed by atoms with Crippen LogP contribution < -0.4 is 5.32 Å². The van der Waals surface area contributed by atoms with Gasteiger partial charge in [0.05, 0.1) is 12.5 Å². The number of carbonyl (C=O) groups excluding carboxylic acids is 1. The normalized spacial score (nSPS) is 12.1. The molecule has 1 aromatic carbocycles. The lowest BCUT2D eigenvalue weighted by molar-refractivity contribution is -0.121. The van der Waals surface area contributed by atoms with Gasteiger partial charge in [0.15, 0.2) is 5.82 Å². The first-order chi connectivity index (χ1) is 14.0. The maximum Gasteiger partial charge on any atom is 0.224 e. The molecule has 6 heteroatoms. The summed E-state index contributed by atoms with van der Waals surface area (Å²) in [5, 5.41) is 4.18. The SMILES string of the molecule is Cc1nc(-c2ccncc2)ncc1[C@H](C)NC(=O)Cc1c(C)[nH]c2ccccc12. The summed E-state index contributed by atoms with van der Waals surface area (Å²) in [5.41, 5.74) is 5.79. The van der Waals surface area contributed by atoms with Gasteiger partial charge in [0.25, 0.3) is 0 Å².